The zero-order chi connectivity index (χ0) is 15.7. The molecule has 1 amide bonds. The number of amides is 1. The highest BCUT2D eigenvalue weighted by Gasteiger charge is 2.57. The van der Waals surface area contributed by atoms with Crippen LogP contribution in [0, 0.1) is 5.82 Å². The molecule has 1 saturated heterocycles. The standard InChI is InChI=1S/C13H13F4NO3/c14-9-3-1-2-4-10(9)21-7-11(19)18-6-5-12(20,8-18)13(15,16)17/h1-4,20H,5-8H2. The van der Waals surface area contributed by atoms with Crippen LogP contribution in [0.5, 0.6) is 5.75 Å². The van der Waals surface area contributed by atoms with E-state index in [-0.39, 0.29) is 12.3 Å². The van der Waals surface area contributed by atoms with Crippen molar-refractivity contribution in [3.8, 4) is 5.75 Å². The second kappa shape index (κ2) is 5.51. The van der Waals surface area contributed by atoms with E-state index in [0.717, 1.165) is 11.0 Å². The normalized spacial score (nSPS) is 22.4. The molecule has 0 bridgehead atoms. The first-order valence-electron chi connectivity index (χ1n) is 6.17. The molecular formula is C13H13F4NO3. The number of para-hydroxylation sites is 1. The third kappa shape index (κ3) is 3.26. The summed E-state index contributed by atoms with van der Waals surface area (Å²) in [4.78, 5) is 12.6. The maximum Gasteiger partial charge on any atom is 0.419 e. The molecule has 1 aliphatic rings. The van der Waals surface area contributed by atoms with Crippen molar-refractivity contribution in [2.45, 2.75) is 18.2 Å². The zero-order valence-corrected chi connectivity index (χ0v) is 10.9. The zero-order valence-electron chi connectivity index (χ0n) is 10.9. The summed E-state index contributed by atoms with van der Waals surface area (Å²) in [5.41, 5.74) is -2.89. The Morgan fingerprint density at radius 2 is 2.05 bits per heavy atom. The first-order chi connectivity index (χ1) is 9.73. The maximum absolute atomic E-state index is 13.3. The number of aliphatic hydroxyl groups is 1. The van der Waals surface area contributed by atoms with Crippen LogP contribution < -0.4 is 4.74 Å². The molecule has 1 fully saturated rings. The molecule has 21 heavy (non-hydrogen) atoms. The number of halogens is 4. The second-order valence-electron chi connectivity index (χ2n) is 4.81. The number of carbonyl (C=O) groups is 1. The van der Waals surface area contributed by atoms with Crippen molar-refractivity contribution in [2.75, 3.05) is 19.7 Å². The molecule has 1 heterocycles. The van der Waals surface area contributed by atoms with E-state index in [1.807, 2.05) is 0 Å². The lowest BCUT2D eigenvalue weighted by molar-refractivity contribution is -0.253. The van der Waals surface area contributed by atoms with Gasteiger partial charge in [-0.05, 0) is 12.1 Å². The number of hydrogen-bond donors (Lipinski definition) is 1. The van der Waals surface area contributed by atoms with E-state index in [4.69, 9.17) is 4.74 Å². The van der Waals surface area contributed by atoms with Crippen molar-refractivity contribution in [3.63, 3.8) is 0 Å². The fourth-order valence-corrected chi connectivity index (χ4v) is 2.03. The molecule has 0 aromatic heterocycles. The Kier molecular flexibility index (Phi) is 4.08. The fraction of sp³-hybridized carbons (Fsp3) is 0.462. The average molecular weight is 307 g/mol. The molecule has 8 heteroatoms. The first-order valence-corrected chi connectivity index (χ1v) is 6.17. The summed E-state index contributed by atoms with van der Waals surface area (Å²) >= 11 is 0. The summed E-state index contributed by atoms with van der Waals surface area (Å²) in [6.45, 7) is -1.65. The van der Waals surface area contributed by atoms with Crippen LogP contribution in [-0.4, -0.2) is 47.4 Å². The van der Waals surface area contributed by atoms with Crippen LogP contribution in [-0.2, 0) is 4.79 Å². The largest absolute Gasteiger partial charge is 0.481 e. The molecule has 1 aromatic carbocycles. The average Bonchev–Trinajstić information content (AvgIpc) is 2.81. The van der Waals surface area contributed by atoms with Crippen LogP contribution in [0.25, 0.3) is 0 Å². The highest BCUT2D eigenvalue weighted by molar-refractivity contribution is 5.78. The Morgan fingerprint density at radius 1 is 1.38 bits per heavy atom. The minimum absolute atomic E-state index is 0.156. The van der Waals surface area contributed by atoms with E-state index in [9.17, 15) is 27.5 Å². The highest BCUT2D eigenvalue weighted by Crippen LogP contribution is 2.37. The predicted octanol–water partition coefficient (Wildman–Crippen LogP) is 1.73. The van der Waals surface area contributed by atoms with E-state index >= 15 is 0 Å². The van der Waals surface area contributed by atoms with Crippen LogP contribution in [0.3, 0.4) is 0 Å². The Bertz CT molecular complexity index is 534. The summed E-state index contributed by atoms with van der Waals surface area (Å²) < 4.78 is 56.0. The van der Waals surface area contributed by atoms with Gasteiger partial charge in [0.2, 0.25) is 0 Å². The number of likely N-dealkylation sites (tertiary alicyclic amines) is 1. The van der Waals surface area contributed by atoms with Crippen LogP contribution >= 0.6 is 0 Å². The molecule has 0 aliphatic carbocycles. The Morgan fingerprint density at radius 3 is 2.62 bits per heavy atom. The summed E-state index contributed by atoms with van der Waals surface area (Å²) in [5, 5.41) is 9.46. The minimum Gasteiger partial charge on any atom is -0.481 e. The van der Waals surface area contributed by atoms with Gasteiger partial charge in [0.1, 0.15) is 0 Å². The molecule has 1 aliphatic heterocycles. The van der Waals surface area contributed by atoms with Crippen LogP contribution in [0.15, 0.2) is 24.3 Å². The summed E-state index contributed by atoms with van der Waals surface area (Å²) in [5.74, 6) is -1.56. The molecule has 0 spiro atoms. The number of alkyl halides is 3. The Hall–Kier alpha value is -1.83. The number of ether oxygens (including phenoxy) is 1. The maximum atomic E-state index is 13.3. The molecule has 1 aromatic rings. The van der Waals surface area contributed by atoms with Gasteiger partial charge in [0.25, 0.3) is 5.91 Å². The van der Waals surface area contributed by atoms with E-state index in [0.29, 0.717) is 0 Å². The summed E-state index contributed by atoms with van der Waals surface area (Å²) in [6, 6.07) is 5.38. The van der Waals surface area contributed by atoms with Gasteiger partial charge in [-0.15, -0.1) is 0 Å². The number of carbonyl (C=O) groups excluding carboxylic acids is 1. The molecule has 0 saturated carbocycles. The smallest absolute Gasteiger partial charge is 0.419 e. The number of hydrogen-bond acceptors (Lipinski definition) is 3. The Labute approximate surface area is 117 Å². The molecule has 1 unspecified atom stereocenters. The van der Waals surface area contributed by atoms with Gasteiger partial charge in [0.05, 0.1) is 6.54 Å². The van der Waals surface area contributed by atoms with E-state index < -0.39 is 43.1 Å². The van der Waals surface area contributed by atoms with E-state index in [1.165, 1.54) is 18.2 Å². The molecule has 1 atom stereocenters. The van der Waals surface area contributed by atoms with Gasteiger partial charge in [-0.1, -0.05) is 12.1 Å². The third-order valence-electron chi connectivity index (χ3n) is 3.32. The highest BCUT2D eigenvalue weighted by atomic mass is 19.4. The lowest BCUT2D eigenvalue weighted by Gasteiger charge is -2.25. The van der Waals surface area contributed by atoms with E-state index in [1.54, 1.807) is 0 Å². The SMILES string of the molecule is O=C(COc1ccccc1F)N1CCC(O)(C(F)(F)F)C1. The van der Waals surface area contributed by atoms with Crippen LogP contribution in [0.2, 0.25) is 0 Å². The van der Waals surface area contributed by atoms with Crippen molar-refractivity contribution >= 4 is 5.91 Å². The minimum atomic E-state index is -4.80. The van der Waals surface area contributed by atoms with Crippen LogP contribution in [0.4, 0.5) is 17.6 Å². The van der Waals surface area contributed by atoms with Gasteiger partial charge < -0.3 is 14.7 Å². The van der Waals surface area contributed by atoms with Gasteiger partial charge in [-0.25, -0.2) is 4.39 Å². The van der Waals surface area contributed by atoms with Crippen molar-refractivity contribution in [3.05, 3.63) is 30.1 Å². The van der Waals surface area contributed by atoms with Gasteiger partial charge >= 0.3 is 6.18 Å². The van der Waals surface area contributed by atoms with Crippen molar-refractivity contribution < 1.29 is 32.2 Å². The number of benzene rings is 1. The molecule has 0 radical (unpaired) electrons. The second-order valence-corrected chi connectivity index (χ2v) is 4.81. The number of nitrogens with zero attached hydrogens (tertiary/aromatic N) is 1. The lowest BCUT2D eigenvalue weighted by Crippen LogP contribution is -2.48. The molecule has 4 nitrogen and oxygen atoms in total. The van der Waals surface area contributed by atoms with Crippen LogP contribution in [0.1, 0.15) is 6.42 Å². The van der Waals surface area contributed by atoms with Gasteiger partial charge in [0.15, 0.2) is 23.8 Å². The quantitative estimate of drug-likeness (QED) is 0.865. The van der Waals surface area contributed by atoms with E-state index in [2.05, 4.69) is 0 Å². The fourth-order valence-electron chi connectivity index (χ4n) is 2.03. The number of β-amino-alcohol motifs (C(OH)–C–C–N with tert-alkyl or cyclic N) is 1. The summed E-state index contributed by atoms with van der Waals surface area (Å²) in [6.07, 6.45) is -5.38. The molecule has 1 N–H and O–H groups in total. The first kappa shape index (κ1) is 15.6. The molecule has 116 valence electrons. The van der Waals surface area contributed by atoms with Gasteiger partial charge in [-0.2, -0.15) is 13.2 Å². The van der Waals surface area contributed by atoms with Crippen molar-refractivity contribution in [2.24, 2.45) is 0 Å². The van der Waals surface area contributed by atoms with Crippen molar-refractivity contribution in [1.82, 2.24) is 4.90 Å². The number of rotatable bonds is 3. The van der Waals surface area contributed by atoms with Crippen molar-refractivity contribution in [1.29, 1.82) is 0 Å². The lowest BCUT2D eigenvalue weighted by atomic mass is 10.0. The molecular weight excluding hydrogens is 294 g/mol. The summed E-state index contributed by atoms with van der Waals surface area (Å²) in [7, 11) is 0. The molecule has 2 rings (SSSR count). The third-order valence-corrected chi connectivity index (χ3v) is 3.32. The van der Waals surface area contributed by atoms with Gasteiger partial charge in [-0.3, -0.25) is 4.79 Å². The predicted molar refractivity (Wildman–Crippen MR) is 64.1 cm³/mol. The van der Waals surface area contributed by atoms with Gasteiger partial charge in [0, 0.05) is 13.0 Å². The topological polar surface area (TPSA) is 49.8 Å². The Balaban J connectivity index is 1.93. The monoisotopic (exact) mass is 307 g/mol.